The molecule has 0 saturated heterocycles. The first kappa shape index (κ1) is 18.6. The molecule has 0 heterocycles. The second kappa shape index (κ2) is 7.83. The molecule has 0 bridgehead atoms. The third-order valence-corrected chi connectivity index (χ3v) is 6.23. The fourth-order valence-electron chi connectivity index (χ4n) is 4.74. The van der Waals surface area contributed by atoms with Gasteiger partial charge in [-0.3, -0.25) is 0 Å². The number of benzene rings is 5. The summed E-state index contributed by atoms with van der Waals surface area (Å²) < 4.78 is 0. The van der Waals surface area contributed by atoms with Crippen LogP contribution in [0.25, 0.3) is 27.5 Å². The number of hydrogen-bond acceptors (Lipinski definition) is 0. The Hall–Kier alpha value is -4.16. The summed E-state index contributed by atoms with van der Waals surface area (Å²) in [5.74, 6) is 0. The van der Waals surface area contributed by atoms with Crippen molar-refractivity contribution in [1.82, 2.24) is 0 Å². The van der Waals surface area contributed by atoms with E-state index in [0.717, 1.165) is 0 Å². The molecular formula is C32H22. The lowest BCUT2D eigenvalue weighted by atomic mass is 9.89. The average Bonchev–Trinajstić information content (AvgIpc) is 3.23. The molecule has 0 saturated carbocycles. The Labute approximate surface area is 188 Å². The topological polar surface area (TPSA) is 0 Å². The lowest BCUT2D eigenvalue weighted by molar-refractivity contribution is 1.54. The van der Waals surface area contributed by atoms with Crippen molar-refractivity contribution in [2.75, 3.05) is 0 Å². The van der Waals surface area contributed by atoms with E-state index in [0.29, 0.717) is 0 Å². The van der Waals surface area contributed by atoms with Gasteiger partial charge >= 0.3 is 0 Å². The van der Waals surface area contributed by atoms with E-state index in [9.17, 15) is 0 Å². The molecule has 150 valence electrons. The van der Waals surface area contributed by atoms with Gasteiger partial charge in [0.05, 0.1) is 0 Å². The Kier molecular flexibility index (Phi) is 4.55. The molecule has 0 radical (unpaired) electrons. The molecule has 0 spiro atoms. The summed E-state index contributed by atoms with van der Waals surface area (Å²) >= 11 is 0. The summed E-state index contributed by atoms with van der Waals surface area (Å²) in [4.78, 5) is 0. The third-order valence-electron chi connectivity index (χ3n) is 6.23. The second-order valence-corrected chi connectivity index (χ2v) is 8.19. The first-order chi connectivity index (χ1) is 15.9. The lowest BCUT2D eigenvalue weighted by Crippen LogP contribution is -1.93. The van der Waals surface area contributed by atoms with Gasteiger partial charge in [-0.2, -0.15) is 0 Å². The first-order valence-electron chi connectivity index (χ1n) is 11.0. The number of fused-ring (bicyclic) bond motifs is 2. The summed E-state index contributed by atoms with van der Waals surface area (Å²) in [5, 5.41) is 2.54. The molecule has 0 atom stereocenters. The molecule has 32 heavy (non-hydrogen) atoms. The Balaban J connectivity index is 1.72. The van der Waals surface area contributed by atoms with Gasteiger partial charge in [0.2, 0.25) is 0 Å². The highest BCUT2D eigenvalue weighted by Crippen LogP contribution is 2.45. The van der Waals surface area contributed by atoms with Crippen molar-refractivity contribution in [3.05, 3.63) is 161 Å². The molecule has 0 unspecified atom stereocenters. The van der Waals surface area contributed by atoms with E-state index in [1.807, 2.05) is 0 Å². The van der Waals surface area contributed by atoms with Gasteiger partial charge in [0.1, 0.15) is 0 Å². The molecule has 1 aliphatic rings. The smallest absolute Gasteiger partial charge is 0.00324 e. The highest BCUT2D eigenvalue weighted by atomic mass is 14.3. The first-order valence-corrected chi connectivity index (χ1v) is 11.0. The van der Waals surface area contributed by atoms with Gasteiger partial charge in [0, 0.05) is 0 Å². The Morgan fingerprint density at radius 1 is 0.438 bits per heavy atom. The maximum absolute atomic E-state index is 2.38. The Morgan fingerprint density at radius 2 is 0.906 bits per heavy atom. The quantitative estimate of drug-likeness (QED) is 0.283. The van der Waals surface area contributed by atoms with Gasteiger partial charge in [-0.15, -0.1) is 0 Å². The van der Waals surface area contributed by atoms with Crippen LogP contribution in [0.3, 0.4) is 0 Å². The van der Waals surface area contributed by atoms with Crippen LogP contribution in [0.5, 0.6) is 0 Å². The van der Waals surface area contributed by atoms with Crippen LogP contribution in [0.1, 0.15) is 27.8 Å². The largest absolute Gasteiger partial charge is 0.0622 e. The minimum Gasteiger partial charge on any atom is -0.0622 e. The Bertz CT molecular complexity index is 1430. The van der Waals surface area contributed by atoms with Gasteiger partial charge < -0.3 is 0 Å². The van der Waals surface area contributed by atoms with Crippen LogP contribution in [0.2, 0.25) is 0 Å². The zero-order chi connectivity index (χ0) is 21.3. The van der Waals surface area contributed by atoms with Crippen molar-refractivity contribution >= 4 is 27.5 Å². The number of rotatable bonds is 3. The van der Waals surface area contributed by atoms with Crippen molar-refractivity contribution < 1.29 is 0 Å². The Morgan fingerprint density at radius 3 is 1.47 bits per heavy atom. The lowest BCUT2D eigenvalue weighted by Gasteiger charge is -2.14. The average molecular weight is 407 g/mol. The molecule has 0 aromatic heterocycles. The zero-order valence-corrected chi connectivity index (χ0v) is 17.7. The summed E-state index contributed by atoms with van der Waals surface area (Å²) in [5.41, 5.74) is 10.2. The summed E-state index contributed by atoms with van der Waals surface area (Å²) in [6, 6.07) is 45.6. The van der Waals surface area contributed by atoms with E-state index < -0.39 is 0 Å². The number of allylic oxidation sites excluding steroid dienone is 2. The molecule has 0 N–H and O–H groups in total. The van der Waals surface area contributed by atoms with Gasteiger partial charge in [0.25, 0.3) is 0 Å². The van der Waals surface area contributed by atoms with Crippen molar-refractivity contribution in [1.29, 1.82) is 0 Å². The SMILES string of the molecule is C1=C(c2ccccc2)c2cc3ccccc3cc2C1=C(c1ccccc1)c1ccccc1. The zero-order valence-electron chi connectivity index (χ0n) is 17.7. The van der Waals surface area contributed by atoms with E-state index in [2.05, 4.69) is 133 Å². The van der Waals surface area contributed by atoms with Crippen LogP contribution in [0.15, 0.2) is 133 Å². The van der Waals surface area contributed by atoms with E-state index in [4.69, 9.17) is 0 Å². The minimum atomic E-state index is 1.23. The molecule has 0 fully saturated rings. The normalized spacial score (nSPS) is 12.5. The van der Waals surface area contributed by atoms with Crippen molar-refractivity contribution in [3.63, 3.8) is 0 Å². The molecule has 6 rings (SSSR count). The van der Waals surface area contributed by atoms with Gasteiger partial charge in [-0.1, -0.05) is 115 Å². The van der Waals surface area contributed by atoms with E-state index in [-0.39, 0.29) is 0 Å². The van der Waals surface area contributed by atoms with Gasteiger partial charge in [-0.05, 0) is 73.5 Å². The molecule has 0 nitrogen and oxygen atoms in total. The molecule has 0 aliphatic heterocycles. The van der Waals surface area contributed by atoms with E-state index in [1.165, 1.54) is 55.3 Å². The fraction of sp³-hybridized carbons (Fsp3) is 0. The van der Waals surface area contributed by atoms with E-state index in [1.54, 1.807) is 0 Å². The molecule has 1 aliphatic carbocycles. The van der Waals surface area contributed by atoms with Crippen molar-refractivity contribution in [2.24, 2.45) is 0 Å². The summed E-state index contributed by atoms with van der Waals surface area (Å²) in [6.07, 6.45) is 2.38. The molecule has 0 heteroatoms. The highest BCUT2D eigenvalue weighted by Gasteiger charge is 2.24. The fourth-order valence-corrected chi connectivity index (χ4v) is 4.74. The maximum Gasteiger partial charge on any atom is -0.00324 e. The standard InChI is InChI=1S/C32H22/c1-4-12-23(13-5-1)28-22-31(30-21-27-19-11-10-18-26(27)20-29(28)30)32(24-14-6-2-7-15-24)25-16-8-3-9-17-25/h1-22H. The van der Waals surface area contributed by atoms with Crippen molar-refractivity contribution in [3.8, 4) is 0 Å². The van der Waals surface area contributed by atoms with Crippen LogP contribution in [-0.2, 0) is 0 Å². The minimum absolute atomic E-state index is 1.23. The second-order valence-electron chi connectivity index (χ2n) is 8.19. The monoisotopic (exact) mass is 406 g/mol. The van der Waals surface area contributed by atoms with Crippen LogP contribution >= 0.6 is 0 Å². The summed E-state index contributed by atoms with van der Waals surface area (Å²) in [6.45, 7) is 0. The van der Waals surface area contributed by atoms with Crippen LogP contribution in [0, 0.1) is 0 Å². The predicted molar refractivity (Wildman–Crippen MR) is 136 cm³/mol. The van der Waals surface area contributed by atoms with Crippen molar-refractivity contribution in [2.45, 2.75) is 0 Å². The predicted octanol–water partition coefficient (Wildman–Crippen LogP) is 8.24. The summed E-state index contributed by atoms with van der Waals surface area (Å²) in [7, 11) is 0. The molecular weight excluding hydrogens is 384 g/mol. The molecule has 5 aromatic carbocycles. The number of hydrogen-bond donors (Lipinski definition) is 0. The van der Waals surface area contributed by atoms with Crippen LogP contribution < -0.4 is 0 Å². The molecule has 5 aromatic rings. The van der Waals surface area contributed by atoms with E-state index >= 15 is 0 Å². The van der Waals surface area contributed by atoms with Crippen LogP contribution in [-0.4, -0.2) is 0 Å². The van der Waals surface area contributed by atoms with Gasteiger partial charge in [0.15, 0.2) is 0 Å². The maximum atomic E-state index is 2.38. The molecule has 0 amide bonds. The van der Waals surface area contributed by atoms with Gasteiger partial charge in [-0.25, -0.2) is 0 Å². The third kappa shape index (κ3) is 3.18. The highest BCUT2D eigenvalue weighted by molar-refractivity contribution is 6.13. The van der Waals surface area contributed by atoms with Crippen LogP contribution in [0.4, 0.5) is 0 Å².